The number of carboxylic acid groups (broad SMARTS) is 2. The fourth-order valence-corrected chi connectivity index (χ4v) is 8.38. The van der Waals surface area contributed by atoms with Crippen LogP contribution in [-0.2, 0) is 9.59 Å². The molecule has 0 spiro atoms. The number of hydrogen-bond donors (Lipinski definition) is 2. The molecule has 4 heteroatoms. The lowest BCUT2D eigenvalue weighted by atomic mass is 9.54. The number of carbonyl (C=O) groups is 2. The third kappa shape index (κ3) is 4.17. The Hall–Kier alpha value is -1.06. The van der Waals surface area contributed by atoms with Crippen LogP contribution in [0.4, 0.5) is 0 Å². The standard InChI is InChI=1S/C26H44O4/c1-16(2)7-6-8-17(3)19-9-10-20-18-15-22(24(29)30)26(5,14-12-23(27)28)21(18)11-13-25(19,20)4/h16-22H,6-15H2,1-5H3,(H,27,28)(H,29,30)/t17-,18-,19+,20+,21-,22-,25-,26+/m1/s1. The Labute approximate surface area is 183 Å². The molecule has 0 aromatic carbocycles. The van der Waals surface area contributed by atoms with Crippen LogP contribution < -0.4 is 0 Å². The van der Waals surface area contributed by atoms with Crippen molar-refractivity contribution in [3.63, 3.8) is 0 Å². The summed E-state index contributed by atoms with van der Waals surface area (Å²) in [6.45, 7) is 11.7. The SMILES string of the molecule is CC(C)CCC[C@@H](C)[C@@H]1CC[C@H]2[C@H]3C[C@H](C(=O)O)[C@@](C)(CCC(=O)O)[C@@H]3CC[C@@]21C. The first-order valence-corrected chi connectivity index (χ1v) is 12.4. The second-order valence-electron chi connectivity index (χ2n) is 11.9. The molecule has 3 aliphatic rings. The summed E-state index contributed by atoms with van der Waals surface area (Å²) in [5.74, 6) is 1.79. The number of fused-ring (bicyclic) bond motifs is 3. The molecule has 0 heterocycles. The van der Waals surface area contributed by atoms with Crippen molar-refractivity contribution in [3.8, 4) is 0 Å². The molecule has 3 rings (SSSR count). The second-order valence-corrected chi connectivity index (χ2v) is 11.9. The molecule has 0 amide bonds. The molecule has 3 fully saturated rings. The summed E-state index contributed by atoms with van der Waals surface area (Å²) in [6, 6.07) is 0. The van der Waals surface area contributed by atoms with Crippen LogP contribution >= 0.6 is 0 Å². The van der Waals surface area contributed by atoms with Gasteiger partial charge in [-0.05, 0) is 84.9 Å². The molecule has 0 radical (unpaired) electrons. The molecule has 172 valence electrons. The third-order valence-corrected chi connectivity index (χ3v) is 9.96. The van der Waals surface area contributed by atoms with Gasteiger partial charge in [0.05, 0.1) is 5.92 Å². The lowest BCUT2D eigenvalue weighted by Gasteiger charge is -2.51. The Morgan fingerprint density at radius 1 is 1.00 bits per heavy atom. The third-order valence-electron chi connectivity index (χ3n) is 9.96. The van der Waals surface area contributed by atoms with Crippen molar-refractivity contribution in [1.29, 1.82) is 0 Å². The number of aliphatic carboxylic acids is 2. The highest BCUT2D eigenvalue weighted by atomic mass is 16.4. The highest BCUT2D eigenvalue weighted by molar-refractivity contribution is 5.72. The van der Waals surface area contributed by atoms with Crippen molar-refractivity contribution in [2.45, 2.75) is 98.8 Å². The van der Waals surface area contributed by atoms with E-state index >= 15 is 0 Å². The minimum Gasteiger partial charge on any atom is -0.481 e. The molecule has 2 N–H and O–H groups in total. The van der Waals surface area contributed by atoms with E-state index in [1.54, 1.807) is 0 Å². The Morgan fingerprint density at radius 2 is 1.70 bits per heavy atom. The fraction of sp³-hybridized carbons (Fsp3) is 0.923. The van der Waals surface area contributed by atoms with Gasteiger partial charge in [0.25, 0.3) is 0 Å². The molecular formula is C26H44O4. The summed E-state index contributed by atoms with van der Waals surface area (Å²) >= 11 is 0. The van der Waals surface area contributed by atoms with Crippen LogP contribution in [0.5, 0.6) is 0 Å². The molecule has 3 aliphatic carbocycles. The van der Waals surface area contributed by atoms with Crippen molar-refractivity contribution >= 4 is 11.9 Å². The van der Waals surface area contributed by atoms with Crippen molar-refractivity contribution in [3.05, 3.63) is 0 Å². The van der Waals surface area contributed by atoms with Crippen molar-refractivity contribution < 1.29 is 19.8 Å². The molecule has 4 nitrogen and oxygen atoms in total. The smallest absolute Gasteiger partial charge is 0.307 e. The summed E-state index contributed by atoms with van der Waals surface area (Å²) in [5.41, 5.74) is -0.0449. The summed E-state index contributed by atoms with van der Waals surface area (Å²) in [6.07, 6.45) is 10.1. The highest BCUT2D eigenvalue weighted by Gasteiger charge is 2.63. The maximum absolute atomic E-state index is 12.2. The summed E-state index contributed by atoms with van der Waals surface area (Å²) in [5, 5.41) is 19.3. The van der Waals surface area contributed by atoms with Gasteiger partial charge in [-0.15, -0.1) is 0 Å². The molecule has 0 bridgehead atoms. The predicted octanol–water partition coefficient (Wildman–Crippen LogP) is 6.48. The lowest BCUT2D eigenvalue weighted by molar-refractivity contribution is -0.148. The number of carboxylic acids is 2. The maximum atomic E-state index is 12.2. The topological polar surface area (TPSA) is 74.6 Å². The molecular weight excluding hydrogens is 376 g/mol. The molecule has 30 heavy (non-hydrogen) atoms. The largest absolute Gasteiger partial charge is 0.481 e. The summed E-state index contributed by atoms with van der Waals surface area (Å²) in [7, 11) is 0. The first kappa shape index (κ1) is 23.6. The van der Waals surface area contributed by atoms with Gasteiger partial charge < -0.3 is 10.2 Å². The summed E-state index contributed by atoms with van der Waals surface area (Å²) in [4.78, 5) is 23.4. The number of rotatable bonds is 9. The van der Waals surface area contributed by atoms with Crippen LogP contribution in [0.15, 0.2) is 0 Å². The highest BCUT2D eigenvalue weighted by Crippen LogP contribution is 2.69. The van der Waals surface area contributed by atoms with Gasteiger partial charge in [0.15, 0.2) is 0 Å². The minimum atomic E-state index is -0.805. The zero-order valence-electron chi connectivity index (χ0n) is 19.8. The minimum absolute atomic E-state index is 0.0843. The quantitative estimate of drug-likeness (QED) is 0.447. The average molecular weight is 421 g/mol. The van der Waals surface area contributed by atoms with Crippen LogP contribution in [0.3, 0.4) is 0 Å². The van der Waals surface area contributed by atoms with E-state index in [1.165, 1.54) is 38.5 Å². The average Bonchev–Trinajstić information content (AvgIpc) is 3.14. The van der Waals surface area contributed by atoms with Crippen LogP contribution in [0.1, 0.15) is 98.8 Å². The maximum Gasteiger partial charge on any atom is 0.307 e. The van der Waals surface area contributed by atoms with Crippen LogP contribution in [0.2, 0.25) is 0 Å². The van der Waals surface area contributed by atoms with Crippen LogP contribution in [-0.4, -0.2) is 22.2 Å². The van der Waals surface area contributed by atoms with Gasteiger partial charge in [-0.25, -0.2) is 0 Å². The van der Waals surface area contributed by atoms with Gasteiger partial charge >= 0.3 is 11.9 Å². The molecule has 8 atom stereocenters. The Kier molecular flexibility index (Phi) is 6.94. The van der Waals surface area contributed by atoms with Crippen LogP contribution in [0, 0.1) is 52.3 Å². The molecule has 0 aliphatic heterocycles. The van der Waals surface area contributed by atoms with Crippen molar-refractivity contribution in [2.75, 3.05) is 0 Å². The zero-order valence-corrected chi connectivity index (χ0v) is 19.8. The van der Waals surface area contributed by atoms with Gasteiger partial charge in [0.2, 0.25) is 0 Å². The van der Waals surface area contributed by atoms with E-state index in [0.29, 0.717) is 29.6 Å². The van der Waals surface area contributed by atoms with E-state index in [0.717, 1.165) is 30.6 Å². The van der Waals surface area contributed by atoms with E-state index < -0.39 is 17.9 Å². The van der Waals surface area contributed by atoms with Gasteiger partial charge in [-0.1, -0.05) is 53.9 Å². The molecule has 0 aromatic rings. The van der Waals surface area contributed by atoms with Gasteiger partial charge in [0.1, 0.15) is 0 Å². The molecule has 0 aromatic heterocycles. The van der Waals surface area contributed by atoms with E-state index in [2.05, 4.69) is 34.6 Å². The first-order valence-electron chi connectivity index (χ1n) is 12.4. The van der Waals surface area contributed by atoms with Gasteiger partial charge in [0, 0.05) is 6.42 Å². The van der Waals surface area contributed by atoms with E-state index in [4.69, 9.17) is 0 Å². The fourth-order valence-electron chi connectivity index (χ4n) is 8.38. The van der Waals surface area contributed by atoms with Crippen LogP contribution in [0.25, 0.3) is 0 Å². The van der Waals surface area contributed by atoms with E-state index in [1.807, 2.05) is 0 Å². The summed E-state index contributed by atoms with van der Waals surface area (Å²) < 4.78 is 0. The molecule has 3 saturated carbocycles. The Bertz CT molecular complexity index is 643. The lowest BCUT2D eigenvalue weighted by Crippen LogP contribution is -2.44. The predicted molar refractivity (Wildman–Crippen MR) is 119 cm³/mol. The molecule has 0 saturated heterocycles. The zero-order chi connectivity index (χ0) is 22.3. The Balaban J connectivity index is 1.76. The number of hydrogen-bond acceptors (Lipinski definition) is 2. The first-order chi connectivity index (χ1) is 14.0. The van der Waals surface area contributed by atoms with Crippen molar-refractivity contribution in [1.82, 2.24) is 0 Å². The normalized spacial score (nSPS) is 41.5. The van der Waals surface area contributed by atoms with E-state index in [9.17, 15) is 19.8 Å². The van der Waals surface area contributed by atoms with Gasteiger partial charge in [-0.2, -0.15) is 0 Å². The van der Waals surface area contributed by atoms with Crippen molar-refractivity contribution in [2.24, 2.45) is 52.3 Å². The van der Waals surface area contributed by atoms with Gasteiger partial charge in [-0.3, -0.25) is 9.59 Å². The van der Waals surface area contributed by atoms with E-state index in [-0.39, 0.29) is 11.8 Å². The monoisotopic (exact) mass is 420 g/mol. The Morgan fingerprint density at radius 3 is 2.30 bits per heavy atom. The second kappa shape index (κ2) is 8.82. The molecule has 0 unspecified atom stereocenters.